The van der Waals surface area contributed by atoms with Gasteiger partial charge in [0.05, 0.1) is 6.04 Å². The molecule has 0 aliphatic rings. The Balaban J connectivity index is 2.39. The highest BCUT2D eigenvalue weighted by Gasteiger charge is 2.14. The number of nitrogens with zero attached hydrogens (tertiary/aromatic N) is 4. The molecule has 1 atom stereocenters. The van der Waals surface area contributed by atoms with Gasteiger partial charge in [-0.05, 0) is 20.8 Å². The lowest BCUT2D eigenvalue weighted by Crippen LogP contribution is -2.05. The second kappa shape index (κ2) is 4.31. The van der Waals surface area contributed by atoms with E-state index in [0.717, 1.165) is 16.5 Å². The van der Waals surface area contributed by atoms with Crippen molar-refractivity contribution in [3.05, 3.63) is 16.7 Å². The summed E-state index contributed by atoms with van der Waals surface area (Å²) in [7, 11) is 0. The molecule has 1 unspecified atom stereocenters. The largest absolute Gasteiger partial charge is 0.322 e. The summed E-state index contributed by atoms with van der Waals surface area (Å²) in [6.07, 6.45) is 1.73. The summed E-state index contributed by atoms with van der Waals surface area (Å²) in [6, 6.07) is 0.291. The minimum absolute atomic E-state index is 0.0332. The monoisotopic (exact) mass is 237 g/mol. The van der Waals surface area contributed by atoms with Crippen molar-refractivity contribution in [3.8, 4) is 11.5 Å². The maximum absolute atomic E-state index is 5.78. The van der Waals surface area contributed by atoms with E-state index in [4.69, 9.17) is 5.73 Å². The molecule has 6 heteroatoms. The molecule has 0 saturated carbocycles. The zero-order chi connectivity index (χ0) is 11.7. The Bertz CT molecular complexity index is 471. The normalized spacial score (nSPS) is 13.3. The Morgan fingerprint density at radius 1 is 1.38 bits per heavy atom. The van der Waals surface area contributed by atoms with Crippen molar-refractivity contribution < 1.29 is 0 Å². The van der Waals surface area contributed by atoms with Crippen LogP contribution < -0.4 is 5.73 Å². The SMILES string of the molecule is CC(N)c1nc(-c2nncn2C(C)C)cs1. The predicted octanol–water partition coefficient (Wildman–Crippen LogP) is 2.00. The number of nitrogens with two attached hydrogens (primary N) is 1. The predicted molar refractivity (Wildman–Crippen MR) is 64.1 cm³/mol. The summed E-state index contributed by atoms with van der Waals surface area (Å²) < 4.78 is 2.00. The van der Waals surface area contributed by atoms with Crippen molar-refractivity contribution in [2.45, 2.75) is 32.9 Å². The molecule has 5 nitrogen and oxygen atoms in total. The van der Waals surface area contributed by atoms with Crippen LogP contribution in [0.3, 0.4) is 0 Å². The number of aromatic nitrogens is 4. The van der Waals surface area contributed by atoms with Crippen LogP contribution in [-0.2, 0) is 0 Å². The third kappa shape index (κ3) is 1.98. The lowest BCUT2D eigenvalue weighted by Gasteiger charge is -2.07. The number of hydrogen-bond acceptors (Lipinski definition) is 5. The maximum atomic E-state index is 5.78. The van der Waals surface area contributed by atoms with Crippen molar-refractivity contribution in [3.63, 3.8) is 0 Å². The van der Waals surface area contributed by atoms with E-state index in [9.17, 15) is 0 Å². The topological polar surface area (TPSA) is 69.6 Å². The molecule has 2 aromatic heterocycles. The summed E-state index contributed by atoms with van der Waals surface area (Å²) in [4.78, 5) is 4.47. The lowest BCUT2D eigenvalue weighted by atomic mass is 10.3. The fraction of sp³-hybridized carbons (Fsp3) is 0.500. The van der Waals surface area contributed by atoms with E-state index in [1.807, 2.05) is 16.9 Å². The Morgan fingerprint density at radius 2 is 2.12 bits per heavy atom. The fourth-order valence-corrected chi connectivity index (χ4v) is 2.16. The van der Waals surface area contributed by atoms with Crippen molar-refractivity contribution in [2.24, 2.45) is 5.73 Å². The van der Waals surface area contributed by atoms with Gasteiger partial charge in [-0.1, -0.05) is 0 Å². The standard InChI is InChI=1S/C10H15N5S/c1-6(2)15-5-12-14-9(15)8-4-16-10(13-8)7(3)11/h4-7H,11H2,1-3H3. The average molecular weight is 237 g/mol. The molecule has 2 rings (SSSR count). The lowest BCUT2D eigenvalue weighted by molar-refractivity contribution is 0.603. The van der Waals surface area contributed by atoms with Crippen LogP contribution in [0.4, 0.5) is 0 Å². The van der Waals surface area contributed by atoms with Crippen LogP contribution in [0.25, 0.3) is 11.5 Å². The van der Waals surface area contributed by atoms with Crippen LogP contribution in [0.2, 0.25) is 0 Å². The van der Waals surface area contributed by atoms with Gasteiger partial charge in [0.15, 0.2) is 5.82 Å². The van der Waals surface area contributed by atoms with E-state index in [2.05, 4.69) is 29.0 Å². The third-order valence-corrected chi connectivity index (χ3v) is 3.32. The van der Waals surface area contributed by atoms with E-state index in [-0.39, 0.29) is 6.04 Å². The van der Waals surface area contributed by atoms with Crippen LogP contribution in [0, 0.1) is 0 Å². The van der Waals surface area contributed by atoms with Gasteiger partial charge in [0.25, 0.3) is 0 Å². The Kier molecular flexibility index (Phi) is 3.02. The maximum Gasteiger partial charge on any atom is 0.183 e. The third-order valence-electron chi connectivity index (χ3n) is 2.27. The molecule has 2 N–H and O–H groups in total. The van der Waals surface area contributed by atoms with Crippen molar-refractivity contribution in [2.75, 3.05) is 0 Å². The molecule has 0 bridgehead atoms. The molecule has 0 radical (unpaired) electrons. The van der Waals surface area contributed by atoms with E-state index < -0.39 is 0 Å². The van der Waals surface area contributed by atoms with Gasteiger partial charge in [-0.2, -0.15) is 0 Å². The Morgan fingerprint density at radius 3 is 2.69 bits per heavy atom. The summed E-state index contributed by atoms with van der Waals surface area (Å²) in [6.45, 7) is 6.10. The van der Waals surface area contributed by atoms with Gasteiger partial charge in [0, 0.05) is 11.4 Å². The summed E-state index contributed by atoms with van der Waals surface area (Å²) in [5.74, 6) is 0.804. The summed E-state index contributed by atoms with van der Waals surface area (Å²) in [5.41, 5.74) is 6.63. The first-order valence-corrected chi connectivity index (χ1v) is 6.08. The van der Waals surface area contributed by atoms with E-state index in [1.54, 1.807) is 17.7 Å². The molecule has 0 spiro atoms. The molecule has 16 heavy (non-hydrogen) atoms. The fourth-order valence-electron chi connectivity index (χ4n) is 1.40. The Labute approximate surface area is 98.3 Å². The van der Waals surface area contributed by atoms with Gasteiger partial charge in [-0.3, -0.25) is 0 Å². The Hall–Kier alpha value is -1.27. The highest BCUT2D eigenvalue weighted by atomic mass is 32.1. The molecule has 0 saturated heterocycles. The number of rotatable bonds is 3. The molecule has 0 fully saturated rings. The first kappa shape index (κ1) is 11.2. The molecule has 0 amide bonds. The second-order valence-electron chi connectivity index (χ2n) is 4.02. The molecule has 0 aliphatic heterocycles. The molecule has 0 aromatic carbocycles. The van der Waals surface area contributed by atoms with Gasteiger partial charge < -0.3 is 10.3 Å². The van der Waals surface area contributed by atoms with Crippen LogP contribution >= 0.6 is 11.3 Å². The van der Waals surface area contributed by atoms with Gasteiger partial charge in [0.1, 0.15) is 17.0 Å². The zero-order valence-corrected chi connectivity index (χ0v) is 10.4. The van der Waals surface area contributed by atoms with Crippen molar-refractivity contribution >= 4 is 11.3 Å². The molecule has 2 aromatic rings. The smallest absolute Gasteiger partial charge is 0.183 e. The van der Waals surface area contributed by atoms with E-state index in [0.29, 0.717) is 6.04 Å². The molecular formula is C10H15N5S. The quantitative estimate of drug-likeness (QED) is 0.886. The highest BCUT2D eigenvalue weighted by molar-refractivity contribution is 7.10. The molecular weight excluding hydrogens is 222 g/mol. The minimum atomic E-state index is -0.0332. The molecule has 0 aliphatic carbocycles. The van der Waals surface area contributed by atoms with Crippen LogP contribution in [0.5, 0.6) is 0 Å². The zero-order valence-electron chi connectivity index (χ0n) is 9.58. The minimum Gasteiger partial charge on any atom is -0.322 e. The van der Waals surface area contributed by atoms with E-state index >= 15 is 0 Å². The van der Waals surface area contributed by atoms with Crippen LogP contribution in [0.15, 0.2) is 11.7 Å². The second-order valence-corrected chi connectivity index (χ2v) is 4.90. The van der Waals surface area contributed by atoms with Crippen molar-refractivity contribution in [1.29, 1.82) is 0 Å². The van der Waals surface area contributed by atoms with E-state index in [1.165, 1.54) is 0 Å². The van der Waals surface area contributed by atoms with Gasteiger partial charge in [-0.15, -0.1) is 21.5 Å². The molecule has 86 valence electrons. The average Bonchev–Trinajstić information content (AvgIpc) is 2.86. The first-order valence-electron chi connectivity index (χ1n) is 5.20. The molecule has 2 heterocycles. The van der Waals surface area contributed by atoms with Gasteiger partial charge in [-0.25, -0.2) is 4.98 Å². The van der Waals surface area contributed by atoms with Crippen LogP contribution in [0.1, 0.15) is 37.9 Å². The summed E-state index contributed by atoms with van der Waals surface area (Å²) >= 11 is 1.56. The first-order chi connectivity index (χ1) is 7.59. The van der Waals surface area contributed by atoms with Gasteiger partial charge in [0.2, 0.25) is 0 Å². The van der Waals surface area contributed by atoms with Gasteiger partial charge >= 0.3 is 0 Å². The number of thiazole rings is 1. The van der Waals surface area contributed by atoms with Crippen LogP contribution in [-0.4, -0.2) is 19.7 Å². The summed E-state index contributed by atoms with van der Waals surface area (Å²) in [5, 5.41) is 10.9. The highest BCUT2D eigenvalue weighted by Crippen LogP contribution is 2.24. The number of hydrogen-bond donors (Lipinski definition) is 1. The van der Waals surface area contributed by atoms with Crippen molar-refractivity contribution in [1.82, 2.24) is 19.7 Å².